The maximum Gasteiger partial charge on any atom is 0.152 e. The predicted molar refractivity (Wildman–Crippen MR) is 62.3 cm³/mol. The third-order valence-corrected chi connectivity index (χ3v) is 4.23. The first-order chi connectivity index (χ1) is 7.25. The molecule has 0 radical (unpaired) electrons. The molecule has 0 aromatic rings. The van der Waals surface area contributed by atoms with Gasteiger partial charge in [-0.1, -0.05) is 6.92 Å². The van der Waals surface area contributed by atoms with Crippen LogP contribution < -0.4 is 0 Å². The minimum Gasteiger partial charge on any atom is -0.381 e. The van der Waals surface area contributed by atoms with Gasteiger partial charge in [-0.15, -0.1) is 0 Å². The third-order valence-electron chi connectivity index (χ3n) is 3.09. The number of carbonyl (C=O) groups excluding carboxylic acids is 1. The molecule has 2 unspecified atom stereocenters. The molecular weight excluding hydrogens is 210 g/mol. The van der Waals surface area contributed by atoms with Crippen LogP contribution >= 0.6 is 11.8 Å². The summed E-state index contributed by atoms with van der Waals surface area (Å²) >= 11 is 2.00. The molecule has 0 aromatic heterocycles. The number of nitrogens with zero attached hydrogens (tertiary/aromatic N) is 1. The smallest absolute Gasteiger partial charge is 0.152 e. The summed E-state index contributed by atoms with van der Waals surface area (Å²) < 4.78 is 5.25. The average Bonchev–Trinajstić information content (AvgIpc) is 2.70. The number of rotatable bonds is 3. The van der Waals surface area contributed by atoms with E-state index in [1.54, 1.807) is 0 Å². The van der Waals surface area contributed by atoms with Crippen molar-refractivity contribution in [2.45, 2.75) is 18.6 Å². The van der Waals surface area contributed by atoms with Crippen molar-refractivity contribution in [3.8, 4) is 0 Å². The van der Waals surface area contributed by atoms with Crippen molar-refractivity contribution < 1.29 is 9.53 Å². The molecule has 0 aromatic carbocycles. The first-order valence-electron chi connectivity index (χ1n) is 5.70. The van der Waals surface area contributed by atoms with E-state index in [0.717, 1.165) is 31.9 Å². The third kappa shape index (κ3) is 3.20. The fraction of sp³-hybridized carbons (Fsp3) is 0.909. The zero-order chi connectivity index (χ0) is 10.7. The predicted octanol–water partition coefficient (Wildman–Crippen LogP) is 1.03. The molecule has 0 saturated carbocycles. The van der Waals surface area contributed by atoms with Crippen molar-refractivity contribution in [1.82, 2.24) is 4.90 Å². The zero-order valence-electron chi connectivity index (χ0n) is 9.28. The Morgan fingerprint density at radius 1 is 1.60 bits per heavy atom. The van der Waals surface area contributed by atoms with Crippen molar-refractivity contribution in [3.05, 3.63) is 0 Å². The van der Waals surface area contributed by atoms with E-state index in [0.29, 0.717) is 24.2 Å². The van der Waals surface area contributed by atoms with Crippen LogP contribution in [-0.4, -0.2) is 54.5 Å². The van der Waals surface area contributed by atoms with E-state index in [1.165, 1.54) is 0 Å². The highest BCUT2D eigenvalue weighted by molar-refractivity contribution is 7.99. The van der Waals surface area contributed by atoms with Gasteiger partial charge in [0, 0.05) is 36.6 Å². The Bertz CT molecular complexity index is 229. The standard InChI is InChI=1S/C11H19NO2S/c1-9-6-12(3-5-15-9)7-11(13)10-2-4-14-8-10/h9-10H,2-8H2,1H3. The topological polar surface area (TPSA) is 29.5 Å². The zero-order valence-corrected chi connectivity index (χ0v) is 10.1. The van der Waals surface area contributed by atoms with Crippen LogP contribution in [0.4, 0.5) is 0 Å². The van der Waals surface area contributed by atoms with Crippen LogP contribution in [0, 0.1) is 5.92 Å². The molecule has 2 saturated heterocycles. The van der Waals surface area contributed by atoms with Crippen molar-refractivity contribution in [3.63, 3.8) is 0 Å². The minimum absolute atomic E-state index is 0.176. The van der Waals surface area contributed by atoms with Crippen LogP contribution in [0.1, 0.15) is 13.3 Å². The van der Waals surface area contributed by atoms with E-state index in [1.807, 2.05) is 11.8 Å². The molecule has 0 aliphatic carbocycles. The van der Waals surface area contributed by atoms with Crippen LogP contribution in [0.2, 0.25) is 0 Å². The van der Waals surface area contributed by atoms with Crippen LogP contribution in [0.3, 0.4) is 0 Å². The molecule has 4 heteroatoms. The average molecular weight is 229 g/mol. The van der Waals surface area contributed by atoms with Crippen LogP contribution in [-0.2, 0) is 9.53 Å². The SMILES string of the molecule is CC1CN(CC(=O)C2CCOC2)CCS1. The van der Waals surface area contributed by atoms with Crippen molar-refractivity contribution >= 4 is 17.5 Å². The Hall–Kier alpha value is -0.0600. The number of Topliss-reactive ketones (excluding diaryl/α,β-unsaturated/α-hetero) is 1. The summed E-state index contributed by atoms with van der Waals surface area (Å²) in [6.07, 6.45) is 0.928. The van der Waals surface area contributed by atoms with Gasteiger partial charge in [0.05, 0.1) is 13.2 Å². The molecule has 0 bridgehead atoms. The molecule has 2 atom stereocenters. The van der Waals surface area contributed by atoms with Gasteiger partial charge in [0.1, 0.15) is 0 Å². The summed E-state index contributed by atoms with van der Waals surface area (Å²) in [5.41, 5.74) is 0. The number of ketones is 1. The number of carbonyl (C=O) groups is 1. The van der Waals surface area contributed by atoms with E-state index >= 15 is 0 Å². The molecule has 0 spiro atoms. The largest absolute Gasteiger partial charge is 0.381 e. The van der Waals surface area contributed by atoms with Gasteiger partial charge in [-0.3, -0.25) is 9.69 Å². The van der Waals surface area contributed by atoms with Gasteiger partial charge >= 0.3 is 0 Å². The Labute approximate surface area is 95.5 Å². The van der Waals surface area contributed by atoms with Gasteiger partial charge in [-0.05, 0) is 6.42 Å². The van der Waals surface area contributed by atoms with Crippen molar-refractivity contribution in [1.29, 1.82) is 0 Å². The second kappa shape index (κ2) is 5.32. The number of thioether (sulfide) groups is 1. The van der Waals surface area contributed by atoms with E-state index in [2.05, 4.69) is 11.8 Å². The lowest BCUT2D eigenvalue weighted by Crippen LogP contribution is -2.41. The van der Waals surface area contributed by atoms with Crippen LogP contribution in [0.25, 0.3) is 0 Å². The Morgan fingerprint density at radius 3 is 3.13 bits per heavy atom. The number of ether oxygens (including phenoxy) is 1. The van der Waals surface area contributed by atoms with E-state index in [9.17, 15) is 4.79 Å². The second-order valence-corrected chi connectivity index (χ2v) is 5.99. The van der Waals surface area contributed by atoms with Gasteiger partial charge < -0.3 is 4.74 Å². The molecule has 2 heterocycles. The molecule has 0 N–H and O–H groups in total. The molecule has 15 heavy (non-hydrogen) atoms. The normalized spacial score (nSPS) is 33.1. The van der Waals surface area contributed by atoms with Gasteiger partial charge in [-0.25, -0.2) is 0 Å². The van der Waals surface area contributed by atoms with E-state index < -0.39 is 0 Å². The highest BCUT2D eigenvalue weighted by Crippen LogP contribution is 2.19. The lowest BCUT2D eigenvalue weighted by molar-refractivity contribution is -0.124. The molecular formula is C11H19NO2S. The van der Waals surface area contributed by atoms with Gasteiger partial charge in [0.15, 0.2) is 5.78 Å². The maximum absolute atomic E-state index is 11.9. The monoisotopic (exact) mass is 229 g/mol. The van der Waals surface area contributed by atoms with Crippen molar-refractivity contribution in [2.75, 3.05) is 38.6 Å². The van der Waals surface area contributed by atoms with Crippen molar-refractivity contribution in [2.24, 2.45) is 5.92 Å². The quantitative estimate of drug-likeness (QED) is 0.723. The van der Waals surface area contributed by atoms with Crippen LogP contribution in [0.5, 0.6) is 0 Å². The Morgan fingerprint density at radius 2 is 2.47 bits per heavy atom. The molecule has 3 nitrogen and oxygen atoms in total. The maximum atomic E-state index is 11.9. The summed E-state index contributed by atoms with van der Waals surface area (Å²) in [5, 5.41) is 0.673. The summed E-state index contributed by atoms with van der Waals surface area (Å²) in [7, 11) is 0. The minimum atomic E-state index is 0.176. The van der Waals surface area contributed by atoms with E-state index in [4.69, 9.17) is 4.74 Å². The first-order valence-corrected chi connectivity index (χ1v) is 6.75. The summed E-state index contributed by atoms with van der Waals surface area (Å²) in [6, 6.07) is 0. The molecule has 2 aliphatic heterocycles. The van der Waals surface area contributed by atoms with Gasteiger partial charge in [0.2, 0.25) is 0 Å². The molecule has 2 rings (SSSR count). The lowest BCUT2D eigenvalue weighted by atomic mass is 10.0. The summed E-state index contributed by atoms with van der Waals surface area (Å²) in [4.78, 5) is 14.2. The summed E-state index contributed by atoms with van der Waals surface area (Å²) in [6.45, 7) is 6.41. The highest BCUT2D eigenvalue weighted by atomic mass is 32.2. The van der Waals surface area contributed by atoms with Gasteiger partial charge in [0.25, 0.3) is 0 Å². The Kier molecular flexibility index (Phi) is 4.05. The summed E-state index contributed by atoms with van der Waals surface area (Å²) in [5.74, 6) is 1.72. The fourth-order valence-corrected chi connectivity index (χ4v) is 3.25. The second-order valence-electron chi connectivity index (χ2n) is 4.44. The number of hydrogen-bond acceptors (Lipinski definition) is 4. The van der Waals surface area contributed by atoms with Gasteiger partial charge in [-0.2, -0.15) is 11.8 Å². The van der Waals surface area contributed by atoms with Crippen LogP contribution in [0.15, 0.2) is 0 Å². The Balaban J connectivity index is 1.77. The molecule has 0 amide bonds. The molecule has 2 fully saturated rings. The fourth-order valence-electron chi connectivity index (χ4n) is 2.17. The first kappa shape index (κ1) is 11.4. The highest BCUT2D eigenvalue weighted by Gasteiger charge is 2.26. The molecule has 86 valence electrons. The lowest BCUT2D eigenvalue weighted by Gasteiger charge is -2.30. The number of hydrogen-bond donors (Lipinski definition) is 0. The molecule has 2 aliphatic rings. The van der Waals surface area contributed by atoms with E-state index in [-0.39, 0.29) is 5.92 Å².